The quantitative estimate of drug-likeness (QED) is 0.0732. The predicted molar refractivity (Wildman–Crippen MR) is 162 cm³/mol. The van der Waals surface area contributed by atoms with Crippen LogP contribution in [0.4, 0.5) is 43.9 Å². The van der Waals surface area contributed by atoms with Gasteiger partial charge >= 0.3 is 135 Å². The van der Waals surface area contributed by atoms with Gasteiger partial charge in [-0.3, -0.25) is 4.79 Å². The Morgan fingerprint density at radius 3 is 1.62 bits per heavy atom. The molecule has 0 unspecified atom stereocenters. The second-order valence-corrected chi connectivity index (χ2v) is 11.4. The third-order valence-corrected chi connectivity index (χ3v) is 7.22. The van der Waals surface area contributed by atoms with Gasteiger partial charge in [0.05, 0.1) is 31.6 Å². The number of hydrogen-bond donors (Lipinski definition) is 0. The van der Waals surface area contributed by atoms with Crippen LogP contribution in [-0.2, 0) is 31.3 Å². The van der Waals surface area contributed by atoms with Crippen LogP contribution in [0.3, 0.4) is 0 Å². The minimum absolute atomic E-state index is 0. The van der Waals surface area contributed by atoms with E-state index < -0.39 is 55.2 Å². The fourth-order valence-corrected chi connectivity index (χ4v) is 3.81. The predicted octanol–water partition coefficient (Wildman–Crippen LogP) is -0.947. The van der Waals surface area contributed by atoms with Crippen molar-refractivity contribution in [1.82, 2.24) is 40.0 Å². The van der Waals surface area contributed by atoms with E-state index in [1.54, 1.807) is 0 Å². The number of carbonyl (C=O) groups excluding carboxylic acids is 1. The van der Waals surface area contributed by atoms with E-state index in [1.807, 2.05) is 27.7 Å². The van der Waals surface area contributed by atoms with E-state index in [0.29, 0.717) is 27.0 Å². The summed E-state index contributed by atoms with van der Waals surface area (Å²) in [6.07, 6.45) is -4.66. The van der Waals surface area contributed by atoms with E-state index in [0.717, 1.165) is 19.5 Å². The molecule has 0 atom stereocenters. The van der Waals surface area contributed by atoms with E-state index in [2.05, 4.69) is 40.2 Å². The summed E-state index contributed by atoms with van der Waals surface area (Å²) in [7, 11) is 1.69. The maximum Gasteiger partial charge on any atom is 1.00 e. The van der Waals surface area contributed by atoms with Crippen LogP contribution in [0, 0.1) is 0 Å². The fourth-order valence-electron chi connectivity index (χ4n) is 3.64. The molecule has 0 aromatic carbocycles. The van der Waals surface area contributed by atoms with Gasteiger partial charge in [-0.1, -0.05) is 11.6 Å². The van der Waals surface area contributed by atoms with Crippen LogP contribution < -0.4 is 123 Å². The largest absolute Gasteiger partial charge is 1.00 e. The van der Waals surface area contributed by atoms with E-state index in [9.17, 15) is 43.9 Å². The Bertz CT molecular complexity index is 1820. The molecule has 5 heterocycles. The summed E-state index contributed by atoms with van der Waals surface area (Å²) in [5, 5.41) is 27.5. The van der Waals surface area contributed by atoms with Gasteiger partial charge in [0, 0.05) is 41.7 Å². The van der Waals surface area contributed by atoms with Crippen molar-refractivity contribution in [3.63, 3.8) is 0 Å². The molecular weight excluding hydrogens is 863 g/mol. The second-order valence-electron chi connectivity index (χ2n) is 11.0. The summed E-state index contributed by atoms with van der Waals surface area (Å²) in [5.41, 5.74) is -2.86. The smallest absolute Gasteiger partial charge is 1.00 e. The molecule has 0 radical (unpaired) electrons. The van der Waals surface area contributed by atoms with Gasteiger partial charge in [-0.2, -0.15) is 54.1 Å². The Morgan fingerprint density at radius 1 is 0.804 bits per heavy atom. The topological polar surface area (TPSA) is 173 Å². The monoisotopic (exact) mass is 890 g/mol. The first-order chi connectivity index (χ1) is 24.9. The van der Waals surface area contributed by atoms with E-state index in [1.165, 1.54) is 19.5 Å². The third-order valence-electron chi connectivity index (χ3n) is 6.96. The Balaban J connectivity index is 0. The molecule has 1 fully saturated rings. The molecule has 0 N–H and O–H groups in total. The molecule has 29 heteroatoms. The van der Waals surface area contributed by atoms with Crippen LogP contribution in [0.2, 0.25) is 5.15 Å². The Hall–Kier alpha value is -1.54. The first-order valence-electron chi connectivity index (χ1n) is 14.3. The van der Waals surface area contributed by atoms with Crippen molar-refractivity contribution in [2.75, 3.05) is 14.2 Å². The molecule has 0 spiro atoms. The summed E-state index contributed by atoms with van der Waals surface area (Å²) in [6.45, 7) is 1.94. The summed E-state index contributed by atoms with van der Waals surface area (Å²) < 4.78 is 145. The van der Waals surface area contributed by atoms with Gasteiger partial charge in [-0.15, -0.1) is 20.4 Å². The number of hydrogen-bond acceptors (Lipinski definition) is 13. The number of nitrogens with zero attached hydrogens (tertiary/aromatic N) is 8. The van der Waals surface area contributed by atoms with Crippen molar-refractivity contribution >= 4 is 30.7 Å². The average molecular weight is 891 g/mol. The summed E-state index contributed by atoms with van der Waals surface area (Å²) in [6, 6.07) is 1.33. The zero-order valence-electron chi connectivity index (χ0n) is 31.4. The van der Waals surface area contributed by atoms with Crippen molar-refractivity contribution in [1.29, 1.82) is 0 Å². The Labute approximate surface area is 402 Å². The van der Waals surface area contributed by atoms with Crippen molar-refractivity contribution < 1.29 is 182 Å². The molecular formula is C27H28BClF10K2N8O7. The molecule has 1 aliphatic rings. The molecule has 4 aromatic heterocycles. The van der Waals surface area contributed by atoms with Crippen LogP contribution in [0.15, 0.2) is 36.9 Å². The summed E-state index contributed by atoms with van der Waals surface area (Å²) in [4.78, 5) is 11.2. The van der Waals surface area contributed by atoms with Crippen LogP contribution in [0.5, 0.6) is 11.5 Å². The minimum Gasteiger partial charge on any atom is -1.00 e. The van der Waals surface area contributed by atoms with Gasteiger partial charge in [0.2, 0.25) is 0 Å². The van der Waals surface area contributed by atoms with E-state index in [4.69, 9.17) is 35.7 Å². The van der Waals surface area contributed by atoms with Crippen LogP contribution in [-0.4, -0.2) is 79.0 Å². The molecule has 4 aromatic rings. The molecule has 300 valence electrons. The number of alkyl halides is 10. The first-order valence-corrected chi connectivity index (χ1v) is 14.7. The maximum atomic E-state index is 12.5. The SMILES string of the molecule is CC1(C)OB(c2cnn(C(F)F)c2)OC1(C)C.COc1cc(C(F)(F)F)nnc1-c1cnn(C(F)F)c1.COc1cc(C(F)(F)F)nnc1Cl.O=CO[O-].[H-].[K+].[K+]. The number of carbonyl (C=O) groups is 1. The number of methoxy groups -OCH3 is 2. The molecule has 0 bridgehead atoms. The molecule has 0 saturated carbocycles. The normalized spacial score (nSPS) is 14.1. The van der Waals surface area contributed by atoms with E-state index in [-0.39, 0.29) is 139 Å². The molecule has 56 heavy (non-hydrogen) atoms. The maximum absolute atomic E-state index is 12.5. The minimum atomic E-state index is -4.67. The van der Waals surface area contributed by atoms with Crippen molar-refractivity contribution in [3.8, 4) is 22.8 Å². The zero-order valence-corrected chi connectivity index (χ0v) is 37.4. The average Bonchev–Trinajstić information content (AvgIpc) is 3.83. The molecule has 1 saturated heterocycles. The van der Waals surface area contributed by atoms with Crippen LogP contribution in [0.25, 0.3) is 11.3 Å². The Morgan fingerprint density at radius 2 is 1.23 bits per heavy atom. The standard InChI is InChI=1S/C10H15BF2N2O2.C10H7F5N4O.C6H4ClF3N2O.CH2O3.2K.H/c1-9(2)10(3,4)17-11(16-9)7-5-14-15(6-7)8(12)13;1-20-6-2-7(10(13,14)15)17-18-8(6)5-3-16-19(4-5)9(11)12;1-13-3-2-4(6(8,9)10)11-12-5(3)7;2-1-4-3;;;/h5-6,8H,1-4H3;2-4,9H,1H3;2H,1H3;1,3H;;;/q;;;;2*+1;-1/p-1. The fraction of sp³-hybridized carbons (Fsp3) is 0.444. The van der Waals surface area contributed by atoms with Gasteiger partial charge < -0.3 is 30.4 Å². The number of rotatable bonds is 7. The second kappa shape index (κ2) is 23.3. The summed E-state index contributed by atoms with van der Waals surface area (Å²) in [5.74, 6) is -0.384. The molecule has 15 nitrogen and oxygen atoms in total. The van der Waals surface area contributed by atoms with Gasteiger partial charge in [0.15, 0.2) is 22.3 Å². The third kappa shape index (κ3) is 15.6. The number of ether oxygens (including phenoxy) is 2. The molecule has 0 aliphatic carbocycles. The van der Waals surface area contributed by atoms with Crippen LogP contribution >= 0.6 is 11.6 Å². The molecule has 5 rings (SSSR count). The number of aromatic nitrogens is 8. The van der Waals surface area contributed by atoms with Gasteiger partial charge in [-0.05, 0) is 27.7 Å². The van der Waals surface area contributed by atoms with Crippen molar-refractivity contribution in [2.45, 2.75) is 64.3 Å². The Kier molecular flexibility index (Phi) is 22.7. The first kappa shape index (κ1) is 54.5. The van der Waals surface area contributed by atoms with Crippen LogP contribution in [0.1, 0.15) is 53.6 Å². The van der Waals surface area contributed by atoms with Gasteiger partial charge in [0.1, 0.15) is 11.4 Å². The summed E-state index contributed by atoms with van der Waals surface area (Å²) >= 11 is 5.38. The zero-order chi connectivity index (χ0) is 41.2. The van der Waals surface area contributed by atoms with Gasteiger partial charge in [-0.25, -0.2) is 9.36 Å². The van der Waals surface area contributed by atoms with Crippen molar-refractivity contribution in [2.24, 2.45) is 0 Å². The van der Waals surface area contributed by atoms with E-state index >= 15 is 0 Å². The molecule has 0 amide bonds. The van der Waals surface area contributed by atoms with Crippen molar-refractivity contribution in [3.05, 3.63) is 53.5 Å². The number of halogens is 11. The van der Waals surface area contributed by atoms with Gasteiger partial charge in [0.25, 0.3) is 6.47 Å². The molecule has 1 aliphatic heterocycles.